The number of primary amides is 1. The molecule has 9 heteroatoms. The van der Waals surface area contributed by atoms with E-state index in [1.807, 2.05) is 24.3 Å². The van der Waals surface area contributed by atoms with Crippen LogP contribution in [0.4, 0.5) is 8.78 Å². The van der Waals surface area contributed by atoms with Crippen molar-refractivity contribution in [2.24, 2.45) is 5.73 Å². The van der Waals surface area contributed by atoms with Crippen LogP contribution >= 0.6 is 15.9 Å². The van der Waals surface area contributed by atoms with Crippen molar-refractivity contribution in [3.63, 3.8) is 0 Å². The van der Waals surface area contributed by atoms with E-state index in [9.17, 15) is 18.4 Å². The smallest absolute Gasteiger partial charge is 0.269 e. The molecule has 6 nitrogen and oxygen atoms in total. The summed E-state index contributed by atoms with van der Waals surface area (Å²) >= 11 is 3.28. The number of pyridine rings is 1. The monoisotopic (exact) mass is 519 g/mol. The number of carbonyl (C=O) groups is 1. The third-order valence-corrected chi connectivity index (χ3v) is 5.95. The number of aromatic nitrogens is 1. The maximum absolute atomic E-state index is 13.8. The van der Waals surface area contributed by atoms with Gasteiger partial charge in [-0.3, -0.25) is 9.59 Å². The van der Waals surface area contributed by atoms with Crippen molar-refractivity contribution in [2.45, 2.75) is 39.6 Å². The molecule has 0 saturated carbocycles. The number of benzene rings is 2. The van der Waals surface area contributed by atoms with Crippen LogP contribution in [0.5, 0.6) is 5.75 Å². The first-order valence-corrected chi connectivity index (χ1v) is 11.0. The number of ether oxygens (including phenoxy) is 1. The summed E-state index contributed by atoms with van der Waals surface area (Å²) in [5.74, 6) is -1.51. The number of hydrogen-bond donors (Lipinski definition) is 2. The van der Waals surface area contributed by atoms with Gasteiger partial charge in [-0.2, -0.15) is 0 Å². The zero-order valence-electron chi connectivity index (χ0n) is 18.2. The molecule has 0 saturated heterocycles. The first kappa shape index (κ1) is 24.6. The molecule has 0 radical (unpaired) electrons. The SMILES string of the molecule is Cc1cc(OCc2ccc(F)cc2F)c(Br)c(=O)n1Cc1ccc(CN[C@H](C)C(N)=O)cc1. The van der Waals surface area contributed by atoms with Crippen molar-refractivity contribution in [3.8, 4) is 5.75 Å². The van der Waals surface area contributed by atoms with Gasteiger partial charge in [0.1, 0.15) is 28.5 Å². The second kappa shape index (κ2) is 10.7. The molecular weight excluding hydrogens is 496 g/mol. The lowest BCUT2D eigenvalue weighted by Gasteiger charge is -2.15. The van der Waals surface area contributed by atoms with E-state index in [2.05, 4.69) is 21.2 Å². The van der Waals surface area contributed by atoms with E-state index >= 15 is 0 Å². The molecule has 1 aromatic heterocycles. The molecule has 0 aliphatic rings. The molecular formula is C24H24BrF2N3O3. The van der Waals surface area contributed by atoms with Crippen LogP contribution in [0.1, 0.15) is 29.3 Å². The third-order valence-electron chi connectivity index (χ3n) is 5.22. The number of hydrogen-bond acceptors (Lipinski definition) is 4. The largest absolute Gasteiger partial charge is 0.487 e. The Hall–Kier alpha value is -3.04. The van der Waals surface area contributed by atoms with Crippen molar-refractivity contribution >= 4 is 21.8 Å². The van der Waals surface area contributed by atoms with Gasteiger partial charge in [-0.25, -0.2) is 8.78 Å². The molecule has 0 fully saturated rings. The average molecular weight is 520 g/mol. The van der Waals surface area contributed by atoms with Gasteiger partial charge in [-0.1, -0.05) is 24.3 Å². The molecule has 0 unspecified atom stereocenters. The molecule has 0 spiro atoms. The summed E-state index contributed by atoms with van der Waals surface area (Å²) in [6.45, 7) is 4.19. The first-order valence-electron chi connectivity index (χ1n) is 10.2. The normalized spacial score (nSPS) is 11.9. The van der Waals surface area contributed by atoms with Gasteiger partial charge in [0.05, 0.1) is 12.6 Å². The number of nitrogens with zero attached hydrogens (tertiary/aromatic N) is 1. The van der Waals surface area contributed by atoms with Crippen LogP contribution < -0.4 is 21.3 Å². The van der Waals surface area contributed by atoms with E-state index < -0.39 is 23.6 Å². The van der Waals surface area contributed by atoms with Gasteiger partial charge in [0.15, 0.2) is 0 Å². The Morgan fingerprint density at radius 2 is 1.82 bits per heavy atom. The highest BCUT2D eigenvalue weighted by Gasteiger charge is 2.14. The second-order valence-corrected chi connectivity index (χ2v) is 8.49. The highest BCUT2D eigenvalue weighted by Crippen LogP contribution is 2.24. The van der Waals surface area contributed by atoms with Crippen molar-refractivity contribution in [3.05, 3.63) is 97.4 Å². The van der Waals surface area contributed by atoms with Crippen molar-refractivity contribution in [2.75, 3.05) is 0 Å². The topological polar surface area (TPSA) is 86.3 Å². The Morgan fingerprint density at radius 3 is 2.45 bits per heavy atom. The minimum atomic E-state index is -0.709. The Labute approximate surface area is 198 Å². The van der Waals surface area contributed by atoms with Gasteiger partial charge in [-0.05, 0) is 53.0 Å². The summed E-state index contributed by atoms with van der Waals surface area (Å²) < 4.78 is 34.4. The number of halogens is 3. The van der Waals surface area contributed by atoms with Crippen LogP contribution in [-0.2, 0) is 24.5 Å². The molecule has 33 heavy (non-hydrogen) atoms. The summed E-state index contributed by atoms with van der Waals surface area (Å²) in [7, 11) is 0. The van der Waals surface area contributed by atoms with Crippen LogP contribution in [-0.4, -0.2) is 16.5 Å². The summed E-state index contributed by atoms with van der Waals surface area (Å²) in [6.07, 6.45) is 0. The van der Waals surface area contributed by atoms with Crippen LogP contribution in [0.2, 0.25) is 0 Å². The zero-order valence-corrected chi connectivity index (χ0v) is 19.8. The average Bonchev–Trinajstić information content (AvgIpc) is 2.78. The molecule has 0 aliphatic carbocycles. The molecule has 3 aromatic rings. The van der Waals surface area contributed by atoms with Crippen molar-refractivity contribution < 1.29 is 18.3 Å². The van der Waals surface area contributed by atoms with E-state index in [1.54, 1.807) is 24.5 Å². The van der Waals surface area contributed by atoms with E-state index in [4.69, 9.17) is 10.5 Å². The maximum atomic E-state index is 13.8. The highest BCUT2D eigenvalue weighted by atomic mass is 79.9. The van der Waals surface area contributed by atoms with Gasteiger partial charge in [-0.15, -0.1) is 0 Å². The fraction of sp³-hybridized carbons (Fsp3) is 0.250. The number of aryl methyl sites for hydroxylation is 1. The van der Waals surface area contributed by atoms with Crippen LogP contribution in [0.15, 0.2) is 57.8 Å². The predicted octanol–water partition coefficient (Wildman–Crippen LogP) is 3.79. The van der Waals surface area contributed by atoms with Gasteiger partial charge >= 0.3 is 0 Å². The fourth-order valence-corrected chi connectivity index (χ4v) is 3.57. The fourth-order valence-electron chi connectivity index (χ4n) is 3.13. The Kier molecular flexibility index (Phi) is 7.99. The maximum Gasteiger partial charge on any atom is 0.269 e. The number of rotatable bonds is 9. The standard InChI is InChI=1S/C24H24BrF2N3O3/c1-14-9-21(33-13-18-7-8-19(26)10-20(18)27)22(25)24(32)30(14)12-17-5-3-16(4-6-17)11-29-15(2)23(28)31/h3-10,15,29H,11-13H2,1-2H3,(H2,28,31)/t15-/m1/s1. The minimum Gasteiger partial charge on any atom is -0.487 e. The second-order valence-electron chi connectivity index (χ2n) is 7.70. The van der Waals surface area contributed by atoms with Crippen LogP contribution in [0.25, 0.3) is 0 Å². The molecule has 1 heterocycles. The molecule has 1 atom stereocenters. The third kappa shape index (κ3) is 6.27. The highest BCUT2D eigenvalue weighted by molar-refractivity contribution is 9.10. The molecule has 0 aliphatic heterocycles. The molecule has 174 valence electrons. The van der Waals surface area contributed by atoms with E-state index in [-0.39, 0.29) is 28.0 Å². The Bertz CT molecular complexity index is 1210. The van der Waals surface area contributed by atoms with Crippen LogP contribution in [0.3, 0.4) is 0 Å². The summed E-state index contributed by atoms with van der Waals surface area (Å²) in [5.41, 5.74) is 7.71. The van der Waals surface area contributed by atoms with E-state index in [0.29, 0.717) is 18.8 Å². The van der Waals surface area contributed by atoms with Gasteiger partial charge in [0, 0.05) is 29.9 Å². The Balaban J connectivity index is 1.71. The van der Waals surface area contributed by atoms with E-state index in [0.717, 1.165) is 23.3 Å². The predicted molar refractivity (Wildman–Crippen MR) is 125 cm³/mol. The summed E-state index contributed by atoms with van der Waals surface area (Å²) in [4.78, 5) is 24.0. The number of amides is 1. The van der Waals surface area contributed by atoms with Crippen molar-refractivity contribution in [1.82, 2.24) is 9.88 Å². The number of nitrogens with two attached hydrogens (primary N) is 1. The molecule has 1 amide bonds. The minimum absolute atomic E-state index is 0.141. The summed E-state index contributed by atoms with van der Waals surface area (Å²) in [6, 6.07) is 12.2. The first-order chi connectivity index (χ1) is 15.7. The molecule has 0 bridgehead atoms. The van der Waals surface area contributed by atoms with Gasteiger partial charge in [0.2, 0.25) is 5.91 Å². The quantitative estimate of drug-likeness (QED) is 0.450. The van der Waals surface area contributed by atoms with Gasteiger partial charge in [0.25, 0.3) is 5.56 Å². The van der Waals surface area contributed by atoms with Gasteiger partial charge < -0.3 is 20.4 Å². The molecule has 3 N–H and O–H groups in total. The number of carbonyl (C=O) groups excluding carboxylic acids is 1. The van der Waals surface area contributed by atoms with E-state index in [1.165, 1.54) is 6.07 Å². The lowest BCUT2D eigenvalue weighted by Crippen LogP contribution is -2.38. The molecule has 2 aromatic carbocycles. The zero-order chi connectivity index (χ0) is 24.1. The van der Waals surface area contributed by atoms with Crippen molar-refractivity contribution in [1.29, 1.82) is 0 Å². The Morgan fingerprint density at radius 1 is 1.15 bits per heavy atom. The van der Waals surface area contributed by atoms with Crippen LogP contribution in [0, 0.1) is 18.6 Å². The lowest BCUT2D eigenvalue weighted by atomic mass is 10.1. The molecule has 3 rings (SSSR count). The number of nitrogens with one attached hydrogen (secondary N) is 1. The lowest BCUT2D eigenvalue weighted by molar-refractivity contribution is -0.119. The summed E-state index contributed by atoms with van der Waals surface area (Å²) in [5, 5.41) is 3.04.